The summed E-state index contributed by atoms with van der Waals surface area (Å²) >= 11 is 0. The summed E-state index contributed by atoms with van der Waals surface area (Å²) in [6, 6.07) is 0.488. The highest BCUT2D eigenvalue weighted by Gasteiger charge is 2.16. The van der Waals surface area contributed by atoms with Gasteiger partial charge in [0.05, 0.1) is 0 Å². The third kappa shape index (κ3) is 3.79. The Morgan fingerprint density at radius 2 is 2.12 bits per heavy atom. The number of nitrogens with two attached hydrogens (primary N) is 1. The Bertz CT molecular complexity index is 265. The highest BCUT2D eigenvalue weighted by molar-refractivity contribution is 5.17. The first-order valence-electron chi connectivity index (χ1n) is 6.95. The average Bonchev–Trinajstić information content (AvgIpc) is 2.53. The number of hydrogen-bond donors (Lipinski definition) is 1. The fraction of sp³-hybridized carbons (Fsp3) is 0.733. The lowest BCUT2D eigenvalue weighted by atomic mass is 9.90. The van der Waals surface area contributed by atoms with Gasteiger partial charge in [-0.3, -0.25) is 0 Å². The normalized spacial score (nSPS) is 30.9. The van der Waals surface area contributed by atoms with Crippen LogP contribution in [0.4, 0.5) is 0 Å². The van der Waals surface area contributed by atoms with E-state index in [2.05, 4.69) is 18.2 Å². The van der Waals surface area contributed by atoms with Crippen molar-refractivity contribution in [3.63, 3.8) is 0 Å². The van der Waals surface area contributed by atoms with Crippen LogP contribution in [-0.4, -0.2) is 6.04 Å². The summed E-state index contributed by atoms with van der Waals surface area (Å²) < 4.78 is 0. The van der Waals surface area contributed by atoms with Gasteiger partial charge in [0.1, 0.15) is 0 Å². The Hall–Kier alpha value is -0.560. The Kier molecular flexibility index (Phi) is 4.65. The zero-order chi connectivity index (χ0) is 11.2. The molecule has 0 aromatic heterocycles. The summed E-state index contributed by atoms with van der Waals surface area (Å²) in [6.07, 6.45) is 18.7. The minimum atomic E-state index is 0.488. The number of rotatable bonds is 3. The van der Waals surface area contributed by atoms with Crippen molar-refractivity contribution >= 4 is 0 Å². The topological polar surface area (TPSA) is 26.0 Å². The van der Waals surface area contributed by atoms with Gasteiger partial charge in [-0.2, -0.15) is 0 Å². The van der Waals surface area contributed by atoms with Crippen molar-refractivity contribution < 1.29 is 0 Å². The van der Waals surface area contributed by atoms with E-state index in [-0.39, 0.29) is 0 Å². The molecule has 2 rings (SSSR count). The van der Waals surface area contributed by atoms with E-state index < -0.39 is 0 Å². The molecule has 1 saturated carbocycles. The second-order valence-electron chi connectivity index (χ2n) is 5.46. The fourth-order valence-corrected chi connectivity index (χ4v) is 2.95. The summed E-state index contributed by atoms with van der Waals surface area (Å²) in [5.74, 6) is 0.945. The predicted octanol–water partition coefficient (Wildman–Crippen LogP) is 3.95. The maximum Gasteiger partial charge on any atom is 0.00389 e. The fourth-order valence-electron chi connectivity index (χ4n) is 2.95. The van der Waals surface area contributed by atoms with Gasteiger partial charge >= 0.3 is 0 Å². The molecular formula is C15H25N. The average molecular weight is 219 g/mol. The van der Waals surface area contributed by atoms with Gasteiger partial charge < -0.3 is 5.73 Å². The third-order valence-corrected chi connectivity index (χ3v) is 4.11. The standard InChI is InChI=1S/C15H25N/c16-15-8-4-7-14(11-12-15)10-9-13-5-2-1-3-6-13/h1-2,5,14-15H,3-4,6-12,16H2. The van der Waals surface area contributed by atoms with Gasteiger partial charge in [-0.05, 0) is 50.9 Å². The molecule has 2 N–H and O–H groups in total. The van der Waals surface area contributed by atoms with Gasteiger partial charge in [0.15, 0.2) is 0 Å². The van der Waals surface area contributed by atoms with Gasteiger partial charge in [0.2, 0.25) is 0 Å². The van der Waals surface area contributed by atoms with Crippen molar-refractivity contribution in [2.45, 2.75) is 63.8 Å². The van der Waals surface area contributed by atoms with Gasteiger partial charge in [-0.1, -0.05) is 36.6 Å². The van der Waals surface area contributed by atoms with Crippen molar-refractivity contribution in [1.29, 1.82) is 0 Å². The zero-order valence-electron chi connectivity index (χ0n) is 10.3. The quantitative estimate of drug-likeness (QED) is 0.715. The van der Waals surface area contributed by atoms with Crippen LogP contribution in [-0.2, 0) is 0 Å². The lowest BCUT2D eigenvalue weighted by Gasteiger charge is -2.16. The largest absolute Gasteiger partial charge is 0.328 e. The van der Waals surface area contributed by atoms with Crippen molar-refractivity contribution in [2.75, 3.05) is 0 Å². The van der Waals surface area contributed by atoms with Crippen molar-refractivity contribution in [2.24, 2.45) is 11.7 Å². The Labute approximate surface area is 99.8 Å². The van der Waals surface area contributed by atoms with Crippen LogP contribution in [0.15, 0.2) is 23.8 Å². The number of hydrogen-bond acceptors (Lipinski definition) is 1. The first kappa shape index (κ1) is 11.9. The van der Waals surface area contributed by atoms with Gasteiger partial charge in [0, 0.05) is 6.04 Å². The van der Waals surface area contributed by atoms with Gasteiger partial charge in [0.25, 0.3) is 0 Å². The van der Waals surface area contributed by atoms with E-state index in [1.54, 1.807) is 5.57 Å². The van der Waals surface area contributed by atoms with Crippen molar-refractivity contribution in [3.8, 4) is 0 Å². The molecule has 1 nitrogen and oxygen atoms in total. The maximum atomic E-state index is 6.02. The first-order chi connectivity index (χ1) is 7.84. The van der Waals surface area contributed by atoms with E-state index in [0.29, 0.717) is 6.04 Å². The molecule has 0 aromatic rings. The lowest BCUT2D eigenvalue weighted by molar-refractivity contribution is 0.423. The molecule has 2 aliphatic carbocycles. The van der Waals surface area contributed by atoms with Crippen LogP contribution >= 0.6 is 0 Å². The summed E-state index contributed by atoms with van der Waals surface area (Å²) in [5.41, 5.74) is 7.68. The van der Waals surface area contributed by atoms with Crippen LogP contribution in [0.3, 0.4) is 0 Å². The Morgan fingerprint density at radius 3 is 2.94 bits per heavy atom. The lowest BCUT2D eigenvalue weighted by Crippen LogP contribution is -2.18. The highest BCUT2D eigenvalue weighted by Crippen LogP contribution is 2.28. The zero-order valence-corrected chi connectivity index (χ0v) is 10.3. The summed E-state index contributed by atoms with van der Waals surface area (Å²) in [5, 5.41) is 0. The minimum Gasteiger partial charge on any atom is -0.328 e. The summed E-state index contributed by atoms with van der Waals surface area (Å²) in [7, 11) is 0. The van der Waals surface area contributed by atoms with Gasteiger partial charge in [-0.15, -0.1) is 0 Å². The second-order valence-corrected chi connectivity index (χ2v) is 5.46. The van der Waals surface area contributed by atoms with Crippen LogP contribution in [0.2, 0.25) is 0 Å². The SMILES string of the molecule is NC1CCCC(CCC2=CC=CCC2)CC1. The molecule has 2 atom stereocenters. The van der Waals surface area contributed by atoms with Crippen LogP contribution < -0.4 is 5.73 Å². The van der Waals surface area contributed by atoms with Crippen molar-refractivity contribution in [3.05, 3.63) is 23.8 Å². The molecule has 1 fully saturated rings. The molecular weight excluding hydrogens is 194 g/mol. The molecule has 0 aliphatic heterocycles. The van der Waals surface area contributed by atoms with E-state index in [1.165, 1.54) is 57.8 Å². The molecule has 90 valence electrons. The third-order valence-electron chi connectivity index (χ3n) is 4.11. The van der Waals surface area contributed by atoms with E-state index in [0.717, 1.165) is 5.92 Å². The molecule has 0 aromatic carbocycles. The number of allylic oxidation sites excluding steroid dienone is 4. The highest BCUT2D eigenvalue weighted by atomic mass is 14.6. The molecule has 1 heteroatoms. The summed E-state index contributed by atoms with van der Waals surface area (Å²) in [6.45, 7) is 0. The minimum absolute atomic E-state index is 0.488. The Balaban J connectivity index is 1.72. The van der Waals surface area contributed by atoms with E-state index in [4.69, 9.17) is 5.73 Å². The molecule has 16 heavy (non-hydrogen) atoms. The van der Waals surface area contributed by atoms with Gasteiger partial charge in [-0.25, -0.2) is 0 Å². The molecule has 0 saturated heterocycles. The monoisotopic (exact) mass is 219 g/mol. The summed E-state index contributed by atoms with van der Waals surface area (Å²) in [4.78, 5) is 0. The van der Waals surface area contributed by atoms with Crippen LogP contribution in [0.25, 0.3) is 0 Å². The molecule has 2 aliphatic rings. The van der Waals surface area contributed by atoms with E-state index >= 15 is 0 Å². The molecule has 0 radical (unpaired) electrons. The van der Waals surface area contributed by atoms with E-state index in [1.807, 2.05) is 0 Å². The molecule has 0 spiro atoms. The molecule has 0 bridgehead atoms. The first-order valence-corrected chi connectivity index (χ1v) is 6.95. The Morgan fingerprint density at radius 1 is 1.19 bits per heavy atom. The smallest absolute Gasteiger partial charge is 0.00389 e. The van der Waals surface area contributed by atoms with E-state index in [9.17, 15) is 0 Å². The molecule has 0 heterocycles. The van der Waals surface area contributed by atoms with Crippen LogP contribution in [0, 0.1) is 5.92 Å². The van der Waals surface area contributed by atoms with Crippen LogP contribution in [0.5, 0.6) is 0 Å². The maximum absolute atomic E-state index is 6.02. The molecule has 0 amide bonds. The van der Waals surface area contributed by atoms with Crippen LogP contribution in [0.1, 0.15) is 57.8 Å². The predicted molar refractivity (Wildman–Crippen MR) is 70.2 cm³/mol. The molecule has 2 unspecified atom stereocenters. The second kappa shape index (κ2) is 6.24. The van der Waals surface area contributed by atoms with Crippen molar-refractivity contribution in [1.82, 2.24) is 0 Å².